The van der Waals surface area contributed by atoms with Crippen LogP contribution < -0.4 is 16.2 Å². The minimum atomic E-state index is -0.259. The number of carbonyl (C=O) groups is 2. The van der Waals surface area contributed by atoms with Crippen LogP contribution in [0.3, 0.4) is 0 Å². The third-order valence-corrected chi connectivity index (χ3v) is 5.36. The SMILES string of the molecule is CCn1c(=O)c(C)nc2cc(C(=O)NCc3cccc(C(=O)Nc4ccccc4)c3)ccc21. The highest BCUT2D eigenvalue weighted by Gasteiger charge is 2.12. The molecule has 2 amide bonds. The molecule has 166 valence electrons. The van der Waals surface area contributed by atoms with E-state index in [0.29, 0.717) is 34.4 Å². The summed E-state index contributed by atoms with van der Waals surface area (Å²) in [6, 6.07) is 21.5. The van der Waals surface area contributed by atoms with E-state index in [1.807, 2.05) is 43.3 Å². The molecule has 0 aliphatic rings. The Bertz CT molecular complexity index is 1390. The maximum atomic E-state index is 12.7. The minimum absolute atomic E-state index is 0.126. The van der Waals surface area contributed by atoms with E-state index in [4.69, 9.17) is 0 Å². The first-order valence-electron chi connectivity index (χ1n) is 10.7. The van der Waals surface area contributed by atoms with Crippen LogP contribution in [0.5, 0.6) is 0 Å². The lowest BCUT2D eigenvalue weighted by molar-refractivity contribution is 0.0950. The second-order valence-electron chi connectivity index (χ2n) is 7.65. The summed E-state index contributed by atoms with van der Waals surface area (Å²) in [6.07, 6.45) is 0. The molecule has 0 spiro atoms. The molecule has 3 aromatic carbocycles. The highest BCUT2D eigenvalue weighted by molar-refractivity contribution is 6.04. The number of anilines is 1. The van der Waals surface area contributed by atoms with Gasteiger partial charge in [0.15, 0.2) is 0 Å². The molecule has 0 radical (unpaired) electrons. The average Bonchev–Trinajstić information content (AvgIpc) is 2.84. The smallest absolute Gasteiger partial charge is 0.272 e. The van der Waals surface area contributed by atoms with Crippen molar-refractivity contribution in [3.63, 3.8) is 0 Å². The zero-order valence-electron chi connectivity index (χ0n) is 18.5. The van der Waals surface area contributed by atoms with Gasteiger partial charge in [-0.25, -0.2) is 4.98 Å². The van der Waals surface area contributed by atoms with Crippen LogP contribution in [0.25, 0.3) is 11.0 Å². The molecular weight excluding hydrogens is 416 g/mol. The van der Waals surface area contributed by atoms with Crippen LogP contribution >= 0.6 is 0 Å². The Labute approximate surface area is 191 Å². The van der Waals surface area contributed by atoms with Gasteiger partial charge in [0.2, 0.25) is 0 Å². The van der Waals surface area contributed by atoms with Crippen molar-refractivity contribution in [1.82, 2.24) is 14.9 Å². The summed E-state index contributed by atoms with van der Waals surface area (Å²) >= 11 is 0. The van der Waals surface area contributed by atoms with E-state index < -0.39 is 0 Å². The van der Waals surface area contributed by atoms with Gasteiger partial charge in [0.1, 0.15) is 5.69 Å². The number of hydrogen-bond donors (Lipinski definition) is 2. The lowest BCUT2D eigenvalue weighted by Crippen LogP contribution is -2.25. The first kappa shape index (κ1) is 22.0. The fourth-order valence-electron chi connectivity index (χ4n) is 3.66. The number of aromatic nitrogens is 2. The van der Waals surface area contributed by atoms with Gasteiger partial charge in [0, 0.05) is 29.9 Å². The number of para-hydroxylation sites is 1. The van der Waals surface area contributed by atoms with Crippen molar-refractivity contribution >= 4 is 28.5 Å². The van der Waals surface area contributed by atoms with Crippen LogP contribution in [-0.2, 0) is 13.1 Å². The number of carbonyl (C=O) groups excluding carboxylic acids is 2. The number of aryl methyl sites for hydroxylation is 2. The van der Waals surface area contributed by atoms with Gasteiger partial charge in [-0.3, -0.25) is 14.4 Å². The van der Waals surface area contributed by atoms with E-state index in [-0.39, 0.29) is 23.9 Å². The van der Waals surface area contributed by atoms with E-state index in [1.54, 1.807) is 47.9 Å². The van der Waals surface area contributed by atoms with E-state index in [0.717, 1.165) is 11.3 Å². The molecule has 4 rings (SSSR count). The van der Waals surface area contributed by atoms with Gasteiger partial charge < -0.3 is 15.2 Å². The summed E-state index contributed by atoms with van der Waals surface area (Å²) in [6.45, 7) is 4.36. The number of amides is 2. The number of hydrogen-bond acceptors (Lipinski definition) is 4. The summed E-state index contributed by atoms with van der Waals surface area (Å²) in [5.74, 6) is -0.475. The Balaban J connectivity index is 1.47. The van der Waals surface area contributed by atoms with Gasteiger partial charge in [-0.2, -0.15) is 0 Å². The van der Waals surface area contributed by atoms with Crippen LogP contribution in [0.2, 0.25) is 0 Å². The highest BCUT2D eigenvalue weighted by Crippen LogP contribution is 2.14. The van der Waals surface area contributed by atoms with Gasteiger partial charge in [0.05, 0.1) is 11.0 Å². The molecule has 1 aromatic heterocycles. The number of rotatable bonds is 6. The second kappa shape index (κ2) is 9.48. The molecule has 4 aromatic rings. The van der Waals surface area contributed by atoms with Crippen molar-refractivity contribution in [2.75, 3.05) is 5.32 Å². The van der Waals surface area contributed by atoms with Gasteiger partial charge in [0.25, 0.3) is 17.4 Å². The largest absolute Gasteiger partial charge is 0.348 e. The Morgan fingerprint density at radius 3 is 2.42 bits per heavy atom. The number of fused-ring (bicyclic) bond motifs is 1. The Morgan fingerprint density at radius 2 is 1.67 bits per heavy atom. The number of nitrogens with one attached hydrogen (secondary N) is 2. The quantitative estimate of drug-likeness (QED) is 0.475. The fourth-order valence-corrected chi connectivity index (χ4v) is 3.66. The van der Waals surface area contributed by atoms with Crippen molar-refractivity contribution in [3.8, 4) is 0 Å². The molecular formula is C26H24N4O3. The van der Waals surface area contributed by atoms with Crippen LogP contribution in [0.15, 0.2) is 77.6 Å². The van der Waals surface area contributed by atoms with Crippen molar-refractivity contribution in [3.05, 3.63) is 106 Å². The van der Waals surface area contributed by atoms with Crippen molar-refractivity contribution in [1.29, 1.82) is 0 Å². The molecule has 7 nitrogen and oxygen atoms in total. The van der Waals surface area contributed by atoms with Crippen LogP contribution in [0.4, 0.5) is 5.69 Å². The summed E-state index contributed by atoms with van der Waals surface area (Å²) < 4.78 is 1.64. The molecule has 0 fully saturated rings. The van der Waals surface area contributed by atoms with Crippen LogP contribution in [0, 0.1) is 6.92 Å². The highest BCUT2D eigenvalue weighted by atomic mass is 16.2. The number of nitrogens with zero attached hydrogens (tertiary/aromatic N) is 2. The average molecular weight is 441 g/mol. The van der Waals surface area contributed by atoms with E-state index in [9.17, 15) is 14.4 Å². The molecule has 0 saturated heterocycles. The predicted molar refractivity (Wildman–Crippen MR) is 128 cm³/mol. The van der Waals surface area contributed by atoms with E-state index >= 15 is 0 Å². The summed E-state index contributed by atoms with van der Waals surface area (Å²) in [7, 11) is 0. The maximum absolute atomic E-state index is 12.7. The van der Waals surface area contributed by atoms with Crippen LogP contribution in [-0.4, -0.2) is 21.4 Å². The Morgan fingerprint density at radius 1 is 0.909 bits per heavy atom. The molecule has 0 atom stereocenters. The first-order chi connectivity index (χ1) is 16.0. The van der Waals surface area contributed by atoms with Crippen molar-refractivity contribution in [2.45, 2.75) is 26.9 Å². The first-order valence-corrected chi connectivity index (χ1v) is 10.7. The van der Waals surface area contributed by atoms with Gasteiger partial charge in [-0.05, 0) is 61.9 Å². The lowest BCUT2D eigenvalue weighted by atomic mass is 10.1. The predicted octanol–water partition coefficient (Wildman–Crippen LogP) is 3.91. The zero-order chi connectivity index (χ0) is 23.4. The van der Waals surface area contributed by atoms with Gasteiger partial charge in [-0.15, -0.1) is 0 Å². The molecule has 0 bridgehead atoms. The molecule has 0 unspecified atom stereocenters. The van der Waals surface area contributed by atoms with E-state index in [1.165, 1.54) is 0 Å². The third kappa shape index (κ3) is 4.82. The molecule has 1 heterocycles. The number of benzene rings is 3. The molecule has 0 aliphatic carbocycles. The second-order valence-corrected chi connectivity index (χ2v) is 7.65. The Kier molecular flexibility index (Phi) is 6.31. The Hall–Kier alpha value is -4.26. The molecule has 2 N–H and O–H groups in total. The fraction of sp³-hybridized carbons (Fsp3) is 0.154. The summed E-state index contributed by atoms with van der Waals surface area (Å²) in [4.78, 5) is 41.9. The standard InChI is InChI=1S/C26H24N4O3/c1-3-30-23-13-12-20(15-22(23)28-17(2)26(30)33)24(31)27-16-18-8-7-9-19(14-18)25(32)29-21-10-5-4-6-11-21/h4-15H,3,16H2,1-2H3,(H,27,31)(H,29,32). The monoisotopic (exact) mass is 440 g/mol. The lowest BCUT2D eigenvalue weighted by Gasteiger charge is -2.11. The topological polar surface area (TPSA) is 93.1 Å². The maximum Gasteiger partial charge on any atom is 0.272 e. The van der Waals surface area contributed by atoms with Crippen molar-refractivity contribution < 1.29 is 9.59 Å². The van der Waals surface area contributed by atoms with Gasteiger partial charge in [-0.1, -0.05) is 30.3 Å². The van der Waals surface area contributed by atoms with Crippen LogP contribution in [0.1, 0.15) is 38.9 Å². The molecule has 33 heavy (non-hydrogen) atoms. The molecule has 7 heteroatoms. The minimum Gasteiger partial charge on any atom is -0.348 e. The molecule has 0 saturated carbocycles. The summed E-state index contributed by atoms with van der Waals surface area (Å²) in [5, 5.41) is 5.74. The summed E-state index contributed by atoms with van der Waals surface area (Å²) in [5.41, 5.74) is 4.05. The van der Waals surface area contributed by atoms with Crippen molar-refractivity contribution in [2.24, 2.45) is 0 Å². The van der Waals surface area contributed by atoms with E-state index in [2.05, 4.69) is 15.6 Å². The third-order valence-electron chi connectivity index (χ3n) is 5.36. The van der Waals surface area contributed by atoms with Gasteiger partial charge >= 0.3 is 0 Å². The zero-order valence-corrected chi connectivity index (χ0v) is 18.5. The normalized spacial score (nSPS) is 10.7. The molecule has 0 aliphatic heterocycles.